The molecule has 2 rings (SSSR count). The summed E-state index contributed by atoms with van der Waals surface area (Å²) in [5, 5.41) is 3.02. The van der Waals surface area contributed by atoms with Crippen LogP contribution in [0.1, 0.15) is 31.6 Å². The molecule has 0 spiro atoms. The fraction of sp³-hybridized carbons (Fsp3) is 0.688. The Hall–Kier alpha value is -0.960. The Morgan fingerprint density at radius 3 is 2.33 bits per heavy atom. The number of nitrogens with one attached hydrogen (secondary N) is 1. The first kappa shape index (κ1) is 19.4. The second-order valence-corrected chi connectivity index (χ2v) is 9.58. The predicted octanol–water partition coefficient (Wildman–Crippen LogP) is 1.67. The van der Waals surface area contributed by atoms with Crippen molar-refractivity contribution in [1.29, 1.82) is 0 Å². The predicted molar refractivity (Wildman–Crippen MR) is 96.8 cm³/mol. The van der Waals surface area contributed by atoms with E-state index in [9.17, 15) is 13.2 Å². The third kappa shape index (κ3) is 4.78. The van der Waals surface area contributed by atoms with Crippen LogP contribution in [0.2, 0.25) is 0 Å². The van der Waals surface area contributed by atoms with Crippen LogP contribution in [0.25, 0.3) is 0 Å². The van der Waals surface area contributed by atoms with Crippen molar-refractivity contribution in [2.45, 2.75) is 43.9 Å². The Morgan fingerprint density at radius 2 is 1.83 bits per heavy atom. The van der Waals surface area contributed by atoms with Crippen LogP contribution >= 0.6 is 11.3 Å². The summed E-state index contributed by atoms with van der Waals surface area (Å²) in [6.07, 6.45) is 1.85. The van der Waals surface area contributed by atoms with Gasteiger partial charge in [0.2, 0.25) is 5.91 Å². The minimum atomic E-state index is -3.40. The molecule has 1 fully saturated rings. The number of carbonyl (C=O) groups is 1. The minimum absolute atomic E-state index is 0.0221. The molecule has 1 amide bonds. The van der Waals surface area contributed by atoms with E-state index in [0.717, 1.165) is 17.7 Å². The van der Waals surface area contributed by atoms with Gasteiger partial charge in [-0.2, -0.15) is 4.31 Å². The van der Waals surface area contributed by atoms with Gasteiger partial charge in [-0.25, -0.2) is 8.42 Å². The number of thiophene rings is 1. The lowest BCUT2D eigenvalue weighted by atomic mass is 10.2. The van der Waals surface area contributed by atoms with Crippen LogP contribution in [0, 0.1) is 6.92 Å². The number of sulfonamides is 1. The van der Waals surface area contributed by atoms with E-state index in [1.54, 1.807) is 6.07 Å². The van der Waals surface area contributed by atoms with E-state index < -0.39 is 10.0 Å². The molecule has 0 aromatic carbocycles. The van der Waals surface area contributed by atoms with Crippen molar-refractivity contribution in [3.8, 4) is 0 Å². The summed E-state index contributed by atoms with van der Waals surface area (Å²) < 4.78 is 27.1. The number of piperazine rings is 1. The molecule has 0 radical (unpaired) electrons. The number of rotatable bonds is 7. The van der Waals surface area contributed by atoms with E-state index in [-0.39, 0.29) is 11.9 Å². The highest BCUT2D eigenvalue weighted by molar-refractivity contribution is 7.91. The Balaban J connectivity index is 1.86. The molecule has 1 aromatic rings. The van der Waals surface area contributed by atoms with Crippen LogP contribution < -0.4 is 5.32 Å². The summed E-state index contributed by atoms with van der Waals surface area (Å²) in [6.45, 7) is 8.38. The highest BCUT2D eigenvalue weighted by atomic mass is 32.2. The van der Waals surface area contributed by atoms with Crippen molar-refractivity contribution in [3.05, 3.63) is 17.0 Å². The first-order valence-electron chi connectivity index (χ1n) is 8.45. The van der Waals surface area contributed by atoms with Gasteiger partial charge < -0.3 is 5.32 Å². The molecule has 24 heavy (non-hydrogen) atoms. The minimum Gasteiger partial charge on any atom is -0.352 e. The molecule has 1 aromatic heterocycles. The van der Waals surface area contributed by atoms with Crippen molar-refractivity contribution in [2.75, 3.05) is 32.7 Å². The second-order valence-electron chi connectivity index (χ2n) is 6.13. The third-order valence-corrected chi connectivity index (χ3v) is 7.73. The van der Waals surface area contributed by atoms with Crippen LogP contribution in [0.3, 0.4) is 0 Å². The maximum atomic E-state index is 12.6. The third-order valence-electron chi connectivity index (χ3n) is 4.36. The molecule has 8 heteroatoms. The topological polar surface area (TPSA) is 69.7 Å². The van der Waals surface area contributed by atoms with Crippen LogP contribution in [0.4, 0.5) is 0 Å². The van der Waals surface area contributed by atoms with Gasteiger partial charge in [0.15, 0.2) is 0 Å². The fourth-order valence-electron chi connectivity index (χ4n) is 2.78. The lowest BCUT2D eigenvalue weighted by Crippen LogP contribution is -2.51. The molecule has 6 nitrogen and oxygen atoms in total. The van der Waals surface area contributed by atoms with Crippen molar-refractivity contribution >= 4 is 27.3 Å². The molecule has 1 aliphatic heterocycles. The van der Waals surface area contributed by atoms with E-state index in [1.165, 1.54) is 15.6 Å². The zero-order chi connectivity index (χ0) is 17.7. The molecule has 1 N–H and O–H groups in total. The van der Waals surface area contributed by atoms with E-state index >= 15 is 0 Å². The van der Waals surface area contributed by atoms with Crippen molar-refractivity contribution in [3.63, 3.8) is 0 Å². The number of nitrogens with zero attached hydrogens (tertiary/aromatic N) is 2. The van der Waals surface area contributed by atoms with Gasteiger partial charge in [0.25, 0.3) is 10.0 Å². The Bertz CT molecular complexity index is 645. The van der Waals surface area contributed by atoms with E-state index in [1.807, 2.05) is 17.9 Å². The SMILES string of the molecule is CCC(CC)NC(=O)CN1CCN(S(=O)(=O)c2ccc(C)s2)CC1. The van der Waals surface area contributed by atoms with Crippen LogP contribution in [-0.4, -0.2) is 62.3 Å². The normalized spacial score (nSPS) is 17.3. The number of aryl methyl sites for hydroxylation is 1. The van der Waals surface area contributed by atoms with Crippen LogP contribution in [0.15, 0.2) is 16.3 Å². The molecule has 1 aliphatic rings. The van der Waals surface area contributed by atoms with Gasteiger partial charge in [0, 0.05) is 37.1 Å². The van der Waals surface area contributed by atoms with Gasteiger partial charge in [0.05, 0.1) is 6.54 Å². The molecule has 2 heterocycles. The van der Waals surface area contributed by atoms with Gasteiger partial charge in [-0.05, 0) is 31.9 Å². The molecule has 0 aliphatic carbocycles. The molecular formula is C16H27N3O3S2. The zero-order valence-corrected chi connectivity index (χ0v) is 16.3. The van der Waals surface area contributed by atoms with E-state index in [2.05, 4.69) is 19.2 Å². The Kier molecular flexibility index (Phi) is 6.79. The molecule has 1 saturated heterocycles. The summed E-state index contributed by atoms with van der Waals surface area (Å²) in [7, 11) is -3.40. The van der Waals surface area contributed by atoms with Gasteiger partial charge >= 0.3 is 0 Å². The van der Waals surface area contributed by atoms with Crippen molar-refractivity contribution in [2.24, 2.45) is 0 Å². The number of hydrogen-bond donors (Lipinski definition) is 1. The van der Waals surface area contributed by atoms with Crippen molar-refractivity contribution in [1.82, 2.24) is 14.5 Å². The zero-order valence-electron chi connectivity index (χ0n) is 14.6. The first-order chi connectivity index (χ1) is 11.4. The van der Waals surface area contributed by atoms with Crippen LogP contribution in [-0.2, 0) is 14.8 Å². The highest BCUT2D eigenvalue weighted by Gasteiger charge is 2.30. The highest BCUT2D eigenvalue weighted by Crippen LogP contribution is 2.25. The average molecular weight is 374 g/mol. The van der Waals surface area contributed by atoms with Gasteiger partial charge in [0.1, 0.15) is 4.21 Å². The smallest absolute Gasteiger partial charge is 0.252 e. The summed E-state index contributed by atoms with van der Waals surface area (Å²) in [5.74, 6) is 0.0221. The molecule has 0 atom stereocenters. The average Bonchev–Trinajstić information content (AvgIpc) is 3.00. The van der Waals surface area contributed by atoms with E-state index in [4.69, 9.17) is 0 Å². The van der Waals surface area contributed by atoms with Crippen molar-refractivity contribution < 1.29 is 13.2 Å². The number of hydrogen-bond acceptors (Lipinski definition) is 5. The molecule has 0 saturated carbocycles. The standard InChI is InChI=1S/C16H27N3O3S2/c1-4-14(5-2)17-15(20)12-18-8-10-19(11-9-18)24(21,22)16-7-6-13(3)23-16/h6-7,14H,4-5,8-12H2,1-3H3,(H,17,20). The van der Waals surface area contributed by atoms with Gasteiger partial charge in [-0.15, -0.1) is 11.3 Å². The maximum absolute atomic E-state index is 12.6. The molecule has 0 bridgehead atoms. The summed E-state index contributed by atoms with van der Waals surface area (Å²) in [6, 6.07) is 3.72. The first-order valence-corrected chi connectivity index (χ1v) is 10.7. The lowest BCUT2D eigenvalue weighted by molar-refractivity contribution is -0.123. The van der Waals surface area contributed by atoms with Gasteiger partial charge in [-0.3, -0.25) is 9.69 Å². The maximum Gasteiger partial charge on any atom is 0.252 e. The monoisotopic (exact) mass is 373 g/mol. The lowest BCUT2D eigenvalue weighted by Gasteiger charge is -2.33. The fourth-order valence-corrected chi connectivity index (χ4v) is 5.63. The Labute approximate surface area is 148 Å². The summed E-state index contributed by atoms with van der Waals surface area (Å²) in [4.78, 5) is 15.1. The largest absolute Gasteiger partial charge is 0.352 e. The quantitative estimate of drug-likeness (QED) is 0.789. The molecule has 136 valence electrons. The Morgan fingerprint density at radius 1 is 1.21 bits per heavy atom. The molecular weight excluding hydrogens is 346 g/mol. The van der Waals surface area contributed by atoms with Gasteiger partial charge in [-0.1, -0.05) is 13.8 Å². The molecule has 0 unspecified atom stereocenters. The second kappa shape index (κ2) is 8.42. The summed E-state index contributed by atoms with van der Waals surface area (Å²) in [5.41, 5.74) is 0. The van der Waals surface area contributed by atoms with E-state index in [0.29, 0.717) is 36.9 Å². The number of amides is 1. The number of carbonyl (C=O) groups excluding carboxylic acids is 1. The van der Waals surface area contributed by atoms with Crippen LogP contribution in [0.5, 0.6) is 0 Å². The summed E-state index contributed by atoms with van der Waals surface area (Å²) >= 11 is 1.30.